The maximum Gasteiger partial charge on any atom is 0.343 e. The van der Waals surface area contributed by atoms with Gasteiger partial charge in [0.15, 0.2) is 0 Å². The lowest BCUT2D eigenvalue weighted by Gasteiger charge is -2.16. The number of esters is 1. The van der Waals surface area contributed by atoms with E-state index in [0.717, 1.165) is 4.90 Å². The number of nitrogens with one attached hydrogen (secondary N) is 1. The first-order chi connectivity index (χ1) is 15.7. The van der Waals surface area contributed by atoms with Crippen LogP contribution in [0.2, 0.25) is 10.0 Å². The average Bonchev–Trinajstić information content (AvgIpc) is 2.99. The Hall–Kier alpha value is -3.52. The van der Waals surface area contributed by atoms with Gasteiger partial charge in [0.25, 0.3) is 11.8 Å². The van der Waals surface area contributed by atoms with Gasteiger partial charge in [0, 0.05) is 16.4 Å². The molecular weight excluding hydrogens is 489 g/mol. The van der Waals surface area contributed by atoms with E-state index in [9.17, 15) is 14.4 Å². The van der Waals surface area contributed by atoms with E-state index < -0.39 is 17.8 Å². The molecule has 1 heterocycles. The fourth-order valence-electron chi connectivity index (χ4n) is 3.03. The molecule has 0 fully saturated rings. The van der Waals surface area contributed by atoms with Crippen LogP contribution in [0.3, 0.4) is 0 Å². The minimum atomic E-state index is -0.725. The van der Waals surface area contributed by atoms with Crippen molar-refractivity contribution in [1.82, 2.24) is 0 Å². The van der Waals surface area contributed by atoms with Crippen LogP contribution in [0.25, 0.3) is 0 Å². The van der Waals surface area contributed by atoms with E-state index in [4.69, 9.17) is 45.3 Å². The summed E-state index contributed by atoms with van der Waals surface area (Å²) in [6.45, 7) is 0. The van der Waals surface area contributed by atoms with Crippen LogP contribution in [0.4, 0.5) is 17.1 Å². The van der Waals surface area contributed by atoms with Gasteiger partial charge in [0.2, 0.25) is 0 Å². The van der Waals surface area contributed by atoms with Crippen molar-refractivity contribution in [2.24, 2.45) is 0 Å². The highest BCUT2D eigenvalue weighted by atomic mass is 35.5. The molecule has 0 atom stereocenters. The Labute approximate surface area is 203 Å². The molecule has 0 bridgehead atoms. The van der Waals surface area contributed by atoms with E-state index in [1.807, 2.05) is 0 Å². The SMILES string of the molecule is Nc1ccc(OC(=O)c2ccc(NC3=C(Cl)C(=O)N(c4ccc(Cl)cc4Cl)C3=O)cc2)cc1. The molecular formula is C23H14Cl3N3O4. The number of hydrogen-bond acceptors (Lipinski definition) is 6. The lowest BCUT2D eigenvalue weighted by Crippen LogP contribution is -2.32. The van der Waals surface area contributed by atoms with Gasteiger partial charge in [-0.1, -0.05) is 34.8 Å². The Morgan fingerprint density at radius 3 is 2.18 bits per heavy atom. The maximum absolute atomic E-state index is 12.9. The number of nitrogen functional groups attached to an aromatic ring is 1. The molecule has 166 valence electrons. The lowest BCUT2D eigenvalue weighted by molar-refractivity contribution is -0.120. The first-order valence-electron chi connectivity index (χ1n) is 9.43. The fraction of sp³-hybridized carbons (Fsp3) is 0. The van der Waals surface area contributed by atoms with Gasteiger partial charge in [0.05, 0.1) is 16.3 Å². The van der Waals surface area contributed by atoms with Crippen LogP contribution < -0.4 is 20.7 Å². The first-order valence-corrected chi connectivity index (χ1v) is 10.6. The highest BCUT2D eigenvalue weighted by Gasteiger charge is 2.39. The zero-order valence-corrected chi connectivity index (χ0v) is 18.9. The molecule has 0 spiro atoms. The number of nitrogens with zero attached hydrogens (tertiary/aromatic N) is 1. The molecule has 0 saturated carbocycles. The van der Waals surface area contributed by atoms with E-state index in [0.29, 0.717) is 22.1 Å². The molecule has 2 amide bonds. The lowest BCUT2D eigenvalue weighted by atomic mass is 10.2. The monoisotopic (exact) mass is 501 g/mol. The van der Waals surface area contributed by atoms with Gasteiger partial charge < -0.3 is 15.8 Å². The minimum absolute atomic E-state index is 0.120. The summed E-state index contributed by atoms with van der Waals surface area (Å²) >= 11 is 18.2. The summed E-state index contributed by atoms with van der Waals surface area (Å²) in [7, 11) is 0. The third kappa shape index (κ3) is 4.66. The number of anilines is 3. The van der Waals surface area contributed by atoms with Crippen LogP contribution in [0.5, 0.6) is 5.75 Å². The molecule has 3 N–H and O–H groups in total. The van der Waals surface area contributed by atoms with Gasteiger partial charge >= 0.3 is 5.97 Å². The molecule has 7 nitrogen and oxygen atoms in total. The highest BCUT2D eigenvalue weighted by molar-refractivity contribution is 6.53. The standard InChI is InChI=1S/C23H14Cl3N3O4/c24-13-3-10-18(17(25)11-13)29-21(30)19(26)20(22(29)31)28-15-6-1-12(2-7-15)23(32)33-16-8-4-14(27)5-9-16/h1-11,28H,27H2. The number of carbonyl (C=O) groups is 3. The second-order valence-electron chi connectivity index (χ2n) is 6.89. The van der Waals surface area contributed by atoms with Crippen molar-refractivity contribution in [2.45, 2.75) is 0 Å². The molecule has 0 unspecified atom stereocenters. The van der Waals surface area contributed by atoms with E-state index in [1.165, 1.54) is 30.3 Å². The number of rotatable bonds is 5. The predicted octanol–water partition coefficient (Wildman–Crippen LogP) is 5.23. The van der Waals surface area contributed by atoms with Gasteiger partial charge in [-0.3, -0.25) is 9.59 Å². The third-order valence-electron chi connectivity index (χ3n) is 4.66. The quantitative estimate of drug-likeness (QED) is 0.214. The number of hydrogen-bond donors (Lipinski definition) is 2. The second kappa shape index (κ2) is 9.15. The van der Waals surface area contributed by atoms with E-state index in [2.05, 4.69) is 5.32 Å². The fourth-order valence-corrected chi connectivity index (χ4v) is 3.73. The van der Waals surface area contributed by atoms with Crippen molar-refractivity contribution in [3.8, 4) is 5.75 Å². The Kier molecular flexibility index (Phi) is 6.29. The van der Waals surface area contributed by atoms with Crippen molar-refractivity contribution < 1.29 is 19.1 Å². The molecule has 33 heavy (non-hydrogen) atoms. The predicted molar refractivity (Wildman–Crippen MR) is 128 cm³/mol. The summed E-state index contributed by atoms with van der Waals surface area (Å²) in [5.41, 5.74) is 6.91. The molecule has 0 aliphatic carbocycles. The van der Waals surface area contributed by atoms with Crippen LogP contribution in [0.15, 0.2) is 77.5 Å². The van der Waals surface area contributed by atoms with Crippen LogP contribution in [-0.4, -0.2) is 17.8 Å². The summed E-state index contributed by atoms with van der Waals surface area (Å²) in [6, 6.07) is 16.9. The Morgan fingerprint density at radius 1 is 0.879 bits per heavy atom. The molecule has 1 aliphatic rings. The molecule has 4 rings (SSSR count). The molecule has 1 aliphatic heterocycles. The topological polar surface area (TPSA) is 102 Å². The number of ether oxygens (including phenoxy) is 1. The summed E-state index contributed by atoms with van der Waals surface area (Å²) in [5, 5.41) is 3.01. The van der Waals surface area contributed by atoms with Gasteiger partial charge in [-0.05, 0) is 66.7 Å². The smallest absolute Gasteiger partial charge is 0.343 e. The normalized spacial score (nSPS) is 13.5. The number of amides is 2. The van der Waals surface area contributed by atoms with Crippen LogP contribution >= 0.6 is 34.8 Å². The Morgan fingerprint density at radius 2 is 1.55 bits per heavy atom. The summed E-state index contributed by atoms with van der Waals surface area (Å²) < 4.78 is 5.29. The molecule has 0 radical (unpaired) electrons. The average molecular weight is 503 g/mol. The van der Waals surface area contributed by atoms with E-state index in [-0.39, 0.29) is 27.0 Å². The third-order valence-corrected chi connectivity index (χ3v) is 5.55. The largest absolute Gasteiger partial charge is 0.423 e. The molecule has 3 aromatic carbocycles. The number of imide groups is 1. The molecule has 0 saturated heterocycles. The van der Waals surface area contributed by atoms with Crippen molar-refractivity contribution in [2.75, 3.05) is 16.0 Å². The van der Waals surface area contributed by atoms with Crippen molar-refractivity contribution in [1.29, 1.82) is 0 Å². The van der Waals surface area contributed by atoms with E-state index in [1.54, 1.807) is 36.4 Å². The zero-order valence-electron chi connectivity index (χ0n) is 16.6. The molecule has 3 aromatic rings. The number of halogens is 3. The number of nitrogens with two attached hydrogens (primary N) is 1. The first kappa shape index (κ1) is 22.7. The van der Waals surface area contributed by atoms with E-state index >= 15 is 0 Å². The minimum Gasteiger partial charge on any atom is -0.423 e. The summed E-state index contributed by atoms with van der Waals surface area (Å²) in [6.07, 6.45) is 0. The van der Waals surface area contributed by atoms with Crippen molar-refractivity contribution in [3.05, 3.63) is 93.1 Å². The second-order valence-corrected chi connectivity index (χ2v) is 8.11. The highest BCUT2D eigenvalue weighted by Crippen LogP contribution is 2.35. The van der Waals surface area contributed by atoms with Gasteiger partial charge in [-0.15, -0.1) is 0 Å². The zero-order chi connectivity index (χ0) is 23.7. The Balaban J connectivity index is 1.49. The Bertz CT molecular complexity index is 1310. The number of carbonyl (C=O) groups excluding carboxylic acids is 3. The summed E-state index contributed by atoms with van der Waals surface area (Å²) in [4.78, 5) is 38.7. The summed E-state index contributed by atoms with van der Waals surface area (Å²) in [5.74, 6) is -1.62. The molecule has 10 heteroatoms. The number of benzene rings is 3. The van der Waals surface area contributed by atoms with Crippen molar-refractivity contribution in [3.63, 3.8) is 0 Å². The van der Waals surface area contributed by atoms with Gasteiger partial charge in [-0.25, -0.2) is 9.69 Å². The van der Waals surface area contributed by atoms with Gasteiger partial charge in [-0.2, -0.15) is 0 Å². The van der Waals surface area contributed by atoms with Gasteiger partial charge in [0.1, 0.15) is 16.5 Å². The van der Waals surface area contributed by atoms with Crippen LogP contribution in [0.1, 0.15) is 10.4 Å². The van der Waals surface area contributed by atoms with Crippen LogP contribution in [0, 0.1) is 0 Å². The molecule has 0 aromatic heterocycles. The van der Waals surface area contributed by atoms with Crippen LogP contribution in [-0.2, 0) is 9.59 Å². The van der Waals surface area contributed by atoms with Crippen molar-refractivity contribution >= 4 is 69.6 Å². The maximum atomic E-state index is 12.9.